The number of nitrogens with two attached hydrogens (primary N) is 3. The van der Waals surface area contributed by atoms with E-state index in [1.54, 1.807) is 58.0 Å². The Morgan fingerprint density at radius 1 is 0.464 bits per heavy atom. The number of aliphatic hydroxyl groups excluding tert-OH is 2. The Morgan fingerprint density at radius 2 is 0.845 bits per heavy atom. The normalized spacial score (nSPS) is 15.9. The fourth-order valence-corrected chi connectivity index (χ4v) is 8.02. The molecular weight excluding hydrogens is 1100 g/mol. The van der Waals surface area contributed by atoms with E-state index in [9.17, 15) is 72.9 Å². The second-order valence-electron chi connectivity index (χ2n) is 21.9. The predicted octanol–water partition coefficient (Wildman–Crippen LogP) is -4.02. The molecule has 0 aliphatic heterocycles. The van der Waals surface area contributed by atoms with Gasteiger partial charge in [-0.3, -0.25) is 57.7 Å². The largest absolute Gasteiger partial charge is 0.481 e. The summed E-state index contributed by atoms with van der Waals surface area (Å²) in [5.74, 6) is -12.8. The Bertz CT molecular complexity index is 2440. The highest BCUT2D eigenvalue weighted by Crippen LogP contribution is 2.12. The number of nitrogens with one attached hydrogen (secondary N) is 10. The molecule has 1 rings (SSSR count). The third kappa shape index (κ3) is 27.4. The molecule has 0 bridgehead atoms. The number of benzene rings is 1. The van der Waals surface area contributed by atoms with Gasteiger partial charge in [-0.15, -0.1) is 0 Å². The zero-order valence-corrected chi connectivity index (χ0v) is 49.6. The lowest BCUT2D eigenvalue weighted by Gasteiger charge is -2.30. The summed E-state index contributed by atoms with van der Waals surface area (Å²) in [4.78, 5) is 162. The molecule has 0 radical (unpaired) electrons. The Hall–Kier alpha value is -7.99. The molecule has 10 amide bonds. The fourth-order valence-electron chi connectivity index (χ4n) is 8.02. The van der Waals surface area contributed by atoms with Crippen LogP contribution in [0.2, 0.25) is 0 Å². The van der Waals surface area contributed by atoms with Gasteiger partial charge in [0.1, 0.15) is 60.4 Å². The third-order valence-corrected chi connectivity index (χ3v) is 12.8. The van der Waals surface area contributed by atoms with Gasteiger partial charge < -0.3 is 90.8 Å². The molecule has 0 spiro atoms. The van der Waals surface area contributed by atoms with Crippen molar-refractivity contribution in [2.24, 2.45) is 39.9 Å². The molecule has 30 nitrogen and oxygen atoms in total. The first-order valence-corrected chi connectivity index (χ1v) is 27.8. The lowest BCUT2D eigenvalue weighted by Crippen LogP contribution is -2.63. The zero-order valence-electron chi connectivity index (χ0n) is 49.6. The number of carboxylic acid groups (broad SMARTS) is 2. The van der Waals surface area contributed by atoms with E-state index in [0.29, 0.717) is 5.56 Å². The van der Waals surface area contributed by atoms with Crippen LogP contribution in [0.3, 0.4) is 0 Å². The molecule has 1 aromatic carbocycles. The molecule has 1 aromatic rings. The first-order chi connectivity index (χ1) is 39.1. The predicted molar refractivity (Wildman–Crippen MR) is 306 cm³/mol. The van der Waals surface area contributed by atoms with E-state index < -0.39 is 156 Å². The van der Waals surface area contributed by atoms with Crippen molar-refractivity contribution in [1.29, 1.82) is 0 Å². The first-order valence-electron chi connectivity index (χ1n) is 27.8. The quantitative estimate of drug-likeness (QED) is 0.0171. The number of nitrogens with zero attached hydrogens (tertiary/aromatic N) is 1. The van der Waals surface area contributed by atoms with E-state index in [1.165, 1.54) is 34.6 Å². The Morgan fingerprint density at radius 3 is 1.29 bits per heavy atom. The minimum absolute atomic E-state index is 0.0411. The summed E-state index contributed by atoms with van der Waals surface area (Å²) < 4.78 is 0. The average molecular weight is 1190 g/mol. The first kappa shape index (κ1) is 74.0. The molecule has 0 unspecified atom stereocenters. The lowest BCUT2D eigenvalue weighted by molar-refractivity contribution is -0.142. The highest BCUT2D eigenvalue weighted by Gasteiger charge is 2.37. The van der Waals surface area contributed by atoms with Gasteiger partial charge in [-0.1, -0.05) is 71.9 Å². The molecule has 20 N–H and O–H groups in total. The van der Waals surface area contributed by atoms with Crippen molar-refractivity contribution in [2.75, 3.05) is 6.54 Å². The number of guanidine groups is 1. The average Bonchev–Trinajstić information content (AvgIpc) is 3.51. The Balaban J connectivity index is 3.20. The highest BCUT2D eigenvalue weighted by molar-refractivity contribution is 5.99. The minimum Gasteiger partial charge on any atom is -0.481 e. The van der Waals surface area contributed by atoms with Crippen LogP contribution in [0.4, 0.5) is 0 Å². The van der Waals surface area contributed by atoms with Crippen LogP contribution in [-0.4, -0.2) is 183 Å². The summed E-state index contributed by atoms with van der Waals surface area (Å²) in [7, 11) is 0. The van der Waals surface area contributed by atoms with E-state index >= 15 is 0 Å². The van der Waals surface area contributed by atoms with E-state index in [4.69, 9.17) is 22.3 Å². The molecule has 0 heterocycles. The van der Waals surface area contributed by atoms with Crippen molar-refractivity contribution in [3.63, 3.8) is 0 Å². The molecule has 0 aromatic heterocycles. The summed E-state index contributed by atoms with van der Waals surface area (Å²) in [6.07, 6.45) is -3.55. The summed E-state index contributed by atoms with van der Waals surface area (Å²) in [6.45, 7) is 16.4. The molecule has 0 saturated carbocycles. The zero-order chi connectivity index (χ0) is 64.3. The highest BCUT2D eigenvalue weighted by atomic mass is 16.4. The maximum absolute atomic E-state index is 13.9. The number of hydrogen-bond donors (Lipinski definition) is 17. The van der Waals surface area contributed by atoms with Gasteiger partial charge in [0.25, 0.3) is 0 Å². The van der Waals surface area contributed by atoms with Crippen LogP contribution in [0.5, 0.6) is 0 Å². The lowest BCUT2D eigenvalue weighted by atomic mass is 10.0. The number of amides is 10. The van der Waals surface area contributed by atoms with E-state index in [-0.39, 0.29) is 69.3 Å². The number of aliphatic hydroxyl groups is 2. The van der Waals surface area contributed by atoms with Crippen molar-refractivity contribution in [1.82, 2.24) is 53.2 Å². The van der Waals surface area contributed by atoms with E-state index in [0.717, 1.165) is 13.8 Å². The van der Waals surface area contributed by atoms with Gasteiger partial charge in [0, 0.05) is 19.4 Å². The second-order valence-corrected chi connectivity index (χ2v) is 21.9. The van der Waals surface area contributed by atoms with Crippen molar-refractivity contribution in [2.45, 2.75) is 200 Å². The molecular formula is C54H90N14O16. The Labute approximate surface area is 488 Å². The van der Waals surface area contributed by atoms with Crippen LogP contribution in [0.1, 0.15) is 120 Å². The molecule has 0 aliphatic carbocycles. The number of aliphatic carboxylic acids is 2. The smallest absolute Gasteiger partial charge is 0.326 e. The number of carbonyl (C=O) groups excluding carboxylic acids is 10. The minimum atomic E-state index is -1.76. The van der Waals surface area contributed by atoms with Gasteiger partial charge in [0.05, 0.1) is 18.2 Å². The molecule has 84 heavy (non-hydrogen) atoms. The van der Waals surface area contributed by atoms with Gasteiger partial charge in [-0.25, -0.2) is 4.79 Å². The summed E-state index contributed by atoms with van der Waals surface area (Å²) in [5.41, 5.74) is 17.1. The number of aliphatic imine (C=N–C) groups is 1. The van der Waals surface area contributed by atoms with Crippen molar-refractivity contribution < 1.29 is 78.0 Å². The second kappa shape index (κ2) is 36.6. The SMILES string of the molecule is CC(C)C[C@H](NC(=O)[C@H](C)NC(=O)[C@@H](NC(=O)[C@@H](NC(=O)[C@@H](NC(=O)[C@H](C)NC(=O)[C@H](Cc1ccccc1)NC(=O)[C@H](C)NC(=O)[C@H](CC(C)C)NC(=O)[C@@H](N)CCC(=O)O)[C@@H](C)O)C(C)C)[C@@H](C)O)C(=O)N[C@@H](CCCN=C(N)N)C(=O)O. The summed E-state index contributed by atoms with van der Waals surface area (Å²) in [6, 6.07) is -7.06. The molecule has 30 heteroatoms. The van der Waals surface area contributed by atoms with Gasteiger partial charge >= 0.3 is 11.9 Å². The number of carboxylic acids is 2. The molecule has 0 fully saturated rings. The van der Waals surface area contributed by atoms with Crippen LogP contribution >= 0.6 is 0 Å². The van der Waals surface area contributed by atoms with Gasteiger partial charge in [0.2, 0.25) is 59.1 Å². The standard InChI is InChI=1S/C54H90N14O16/c1-25(2)22-36(65-46(76)34(55)19-20-39(71)72)47(77)59-28(7)43(73)64-38(24-33-16-13-12-14-17-33)48(78)60-30(9)45(75)67-42(32(11)70)52(82)66-40(27(5)6)50(80)68-41(31(10)69)51(81)61-29(8)44(74)63-37(23-26(3)4)49(79)62-35(53(83)84)18-15-21-58-54(56)57/h12-14,16-17,25-32,34-38,40-42,69-70H,15,18-24,55H2,1-11H3,(H,59,77)(H,60,78)(H,61,81)(H,62,79)(H,63,74)(H,64,73)(H,65,76)(H,66,82)(H,67,75)(H,68,80)(H,71,72)(H,83,84)(H4,56,57,58)/t28-,29-,30-,31+,32+,34-,35-,36-,37-,38-,40-,41-,42-/m0/s1. The van der Waals surface area contributed by atoms with E-state index in [2.05, 4.69) is 58.2 Å². The fraction of sp³-hybridized carbons (Fsp3) is 0.648. The van der Waals surface area contributed by atoms with Gasteiger partial charge in [0.15, 0.2) is 5.96 Å². The number of hydrogen-bond acceptors (Lipinski definition) is 16. The van der Waals surface area contributed by atoms with Crippen LogP contribution in [0.25, 0.3) is 0 Å². The van der Waals surface area contributed by atoms with Crippen molar-refractivity contribution in [3.05, 3.63) is 35.9 Å². The number of carbonyl (C=O) groups is 12. The Kier molecular flexibility index (Phi) is 32.2. The monoisotopic (exact) mass is 1190 g/mol. The van der Waals surface area contributed by atoms with Gasteiger partial charge in [-0.2, -0.15) is 0 Å². The maximum Gasteiger partial charge on any atom is 0.326 e. The molecule has 472 valence electrons. The van der Waals surface area contributed by atoms with E-state index in [1.807, 2.05) is 0 Å². The molecule has 0 saturated heterocycles. The summed E-state index contributed by atoms with van der Waals surface area (Å²) in [5, 5.41) is 64.6. The topological polar surface area (TPSA) is 496 Å². The number of rotatable bonds is 37. The van der Waals surface area contributed by atoms with Crippen LogP contribution in [-0.2, 0) is 64.0 Å². The van der Waals surface area contributed by atoms with Crippen LogP contribution in [0, 0.1) is 17.8 Å². The summed E-state index contributed by atoms with van der Waals surface area (Å²) >= 11 is 0. The van der Waals surface area contributed by atoms with Crippen LogP contribution < -0.4 is 70.4 Å². The van der Waals surface area contributed by atoms with Crippen LogP contribution in [0.15, 0.2) is 35.3 Å². The van der Waals surface area contributed by atoms with Crippen molar-refractivity contribution in [3.8, 4) is 0 Å². The molecule has 13 atom stereocenters. The molecule has 0 aliphatic rings. The van der Waals surface area contributed by atoms with Gasteiger partial charge in [-0.05, 0) is 90.0 Å². The van der Waals surface area contributed by atoms with Crippen molar-refractivity contribution >= 4 is 77.0 Å². The third-order valence-electron chi connectivity index (χ3n) is 12.8. The maximum atomic E-state index is 13.9.